The van der Waals surface area contributed by atoms with Gasteiger partial charge in [0.15, 0.2) is 56.6 Å². The highest BCUT2D eigenvalue weighted by molar-refractivity contribution is 5.76. The lowest BCUT2D eigenvalue weighted by Crippen LogP contribution is -2.72. The number of rotatable bonds is 62. The van der Waals surface area contributed by atoms with E-state index >= 15 is 0 Å². The lowest BCUT2D eigenvalue weighted by Gasteiger charge is -2.52. The minimum absolute atomic E-state index is 0.122. The first-order valence-electron chi connectivity index (χ1n) is 53.3. The van der Waals surface area contributed by atoms with Gasteiger partial charge in [-0.15, -0.1) is 0 Å². The average molecular weight is 2170 g/mol. The van der Waals surface area contributed by atoms with Crippen molar-refractivity contribution < 1.29 is 232 Å². The van der Waals surface area contributed by atoms with Crippen LogP contribution in [0.25, 0.3) is 0 Å². The van der Waals surface area contributed by atoms with E-state index in [9.17, 15) is 147 Å². The minimum atomic E-state index is -2.61. The van der Waals surface area contributed by atoms with Crippen molar-refractivity contribution >= 4 is 29.5 Å². The number of carbonyl (C=O) groups is 5. The van der Waals surface area contributed by atoms with Gasteiger partial charge in [-0.1, -0.05) is 180 Å². The predicted octanol–water partition coefficient (Wildman–Crippen LogP) is -7.64. The van der Waals surface area contributed by atoms with Gasteiger partial charge in [0.05, 0.1) is 77.7 Å². The lowest BCUT2D eigenvalue weighted by atomic mass is 9.93. The maximum Gasteiger partial charge on any atom is 0.220 e. The van der Waals surface area contributed by atoms with Crippen LogP contribution in [0.3, 0.4) is 0 Å². The third-order valence-corrected chi connectivity index (χ3v) is 28.8. The molecule has 47 atom stereocenters. The maximum atomic E-state index is 13.8. The number of aliphatic hydroxyl groups excluding tert-OH is 24. The Balaban J connectivity index is 0.970. The number of aliphatic hydroxyl groups is 24. The monoisotopic (exact) mass is 2170 g/mol. The Morgan fingerprint density at radius 1 is 0.280 bits per heavy atom. The van der Waals surface area contributed by atoms with Gasteiger partial charge in [0.1, 0.15) is 213 Å². The van der Waals surface area contributed by atoms with Gasteiger partial charge in [0, 0.05) is 34.1 Å². The molecule has 0 bridgehead atoms. The number of hydrogen-bond acceptors (Lipinski definition) is 47. The standard InChI is InChI=1S/C98H173N5O47/c1-8-10-12-14-16-18-20-22-23-25-27-29-31-33-35-37-62(116)103-52(53(115)36-34-32-30-28-26-24-21-19-17-15-13-11-9-2)45-133-94-80(130)78(128)83(60(44-110)142-94)144-96-81(131)86(72(122)58(42-108)140-96)147-92-65(101-50(6)113)84(70(120)56(40-106)138-92)145-97-82(132)87(74(124)61(143-97)46-134-90-63(99-48(4)111)75(125)68(118)54(38-104)136-90)148-93-66(102-51(7)114)85(71(121)57(41-107)139-93)146-98-89(150-95-79(129)77(127)67(117)47(3)135-95)88(73(123)59(43-109)141-98)149-91-64(100-49(5)112)76(126)69(119)55(39-105)137-91/h34,36,47,52-61,63-98,104-110,115,117-132H,8-33,35,37-46H2,1-7H3,(H,99,111)(H,100,112)(H,101,113)(H,102,114)(H,103,116)/b36-34+/t47?,52-,53+,54?,55?,56?,57?,58?,59?,60?,61?,63?,64?,65?,66?,67+,68+,69-,70+,71+,72-,73-,74-,75+,76+,77?,78+,79-,80?,81?,82?,83+,84+,85+,86-,87-,88-,89?,90+,91+,92-,93-,94+,95+,96-,97-,98-/m0/s1. The van der Waals surface area contributed by atoms with Gasteiger partial charge in [-0.3, -0.25) is 24.0 Å². The van der Waals surface area contributed by atoms with E-state index in [1.165, 1.54) is 103 Å². The number of ether oxygens (including phenoxy) is 18. The Bertz CT molecular complexity index is 3860. The normalized spacial score (nSPS) is 40.0. The van der Waals surface area contributed by atoms with Crippen LogP contribution in [0.2, 0.25) is 0 Å². The van der Waals surface area contributed by atoms with Gasteiger partial charge in [-0.05, 0) is 26.2 Å². The second-order valence-electron chi connectivity index (χ2n) is 40.6. The zero-order valence-corrected chi connectivity index (χ0v) is 86.6. The Morgan fingerprint density at radius 3 is 1.03 bits per heavy atom. The molecule has 52 heteroatoms. The number of hydrogen-bond donors (Lipinski definition) is 29. The van der Waals surface area contributed by atoms with Crippen LogP contribution in [-0.4, -0.2) is 500 Å². The molecule has 52 nitrogen and oxygen atoms in total. The summed E-state index contributed by atoms with van der Waals surface area (Å²) in [5.41, 5.74) is 0. The van der Waals surface area contributed by atoms with Crippen LogP contribution in [0.1, 0.15) is 228 Å². The summed E-state index contributed by atoms with van der Waals surface area (Å²) < 4.78 is 110. The molecule has 0 aromatic carbocycles. The second-order valence-corrected chi connectivity index (χ2v) is 40.6. The van der Waals surface area contributed by atoms with Crippen LogP contribution in [0, 0.1) is 0 Å². The molecule has 9 heterocycles. The summed E-state index contributed by atoms with van der Waals surface area (Å²) in [6, 6.07) is -8.89. The van der Waals surface area contributed by atoms with Crippen LogP contribution >= 0.6 is 0 Å². The van der Waals surface area contributed by atoms with Gasteiger partial charge in [-0.25, -0.2) is 0 Å². The summed E-state index contributed by atoms with van der Waals surface area (Å²) in [6.45, 7) is 0.0296. The van der Waals surface area contributed by atoms with Crippen molar-refractivity contribution in [3.8, 4) is 0 Å². The third-order valence-electron chi connectivity index (χ3n) is 28.8. The smallest absolute Gasteiger partial charge is 0.220 e. The van der Waals surface area contributed by atoms with Crippen LogP contribution in [0.15, 0.2) is 12.2 Å². The fraction of sp³-hybridized carbons (Fsp3) is 0.929. The molecule has 0 aromatic rings. The highest BCUT2D eigenvalue weighted by atomic mass is 16.8. The van der Waals surface area contributed by atoms with E-state index in [0.717, 1.165) is 91.9 Å². The van der Waals surface area contributed by atoms with Crippen molar-refractivity contribution in [1.29, 1.82) is 0 Å². The van der Waals surface area contributed by atoms with Crippen molar-refractivity contribution in [2.45, 2.75) is 516 Å². The molecule has 872 valence electrons. The van der Waals surface area contributed by atoms with Crippen LogP contribution in [-0.2, 0) is 109 Å². The van der Waals surface area contributed by atoms with E-state index in [0.29, 0.717) is 12.8 Å². The highest BCUT2D eigenvalue weighted by Crippen LogP contribution is 2.42. The maximum absolute atomic E-state index is 13.8. The molecule has 29 N–H and O–H groups in total. The van der Waals surface area contributed by atoms with Gasteiger partial charge >= 0.3 is 0 Å². The largest absolute Gasteiger partial charge is 0.394 e. The number of carbonyl (C=O) groups excluding carboxylic acids is 5. The first-order valence-corrected chi connectivity index (χ1v) is 53.3. The predicted molar refractivity (Wildman–Crippen MR) is 513 cm³/mol. The summed E-state index contributed by atoms with van der Waals surface area (Å²) >= 11 is 0. The van der Waals surface area contributed by atoms with Crippen molar-refractivity contribution in [2.75, 3.05) is 59.5 Å². The molecule has 18 unspecified atom stereocenters. The van der Waals surface area contributed by atoms with Crippen LogP contribution in [0.4, 0.5) is 0 Å². The van der Waals surface area contributed by atoms with Gasteiger partial charge in [0.25, 0.3) is 0 Å². The molecule has 9 fully saturated rings. The highest BCUT2D eigenvalue weighted by Gasteiger charge is 2.62. The zero-order valence-electron chi connectivity index (χ0n) is 86.6. The Morgan fingerprint density at radius 2 is 0.593 bits per heavy atom. The summed E-state index contributed by atoms with van der Waals surface area (Å²) in [6.07, 6.45) is -54.1. The minimum Gasteiger partial charge on any atom is -0.394 e. The van der Waals surface area contributed by atoms with Crippen LogP contribution in [0.5, 0.6) is 0 Å². The summed E-state index contributed by atoms with van der Waals surface area (Å²) in [5, 5.41) is 289. The van der Waals surface area contributed by atoms with Gasteiger partial charge < -0.3 is 234 Å². The summed E-state index contributed by atoms with van der Waals surface area (Å²) in [7, 11) is 0. The Labute approximate surface area is 872 Å². The first kappa shape index (κ1) is 129. The Kier molecular flexibility index (Phi) is 56.0. The van der Waals surface area contributed by atoms with E-state index in [1.807, 2.05) is 6.08 Å². The van der Waals surface area contributed by atoms with Gasteiger partial charge in [-0.2, -0.15) is 0 Å². The molecule has 9 saturated heterocycles. The molecule has 0 spiro atoms. The average Bonchev–Trinajstić information content (AvgIpc) is 0.756. The fourth-order valence-corrected chi connectivity index (χ4v) is 20.2. The van der Waals surface area contributed by atoms with Crippen LogP contribution < -0.4 is 26.6 Å². The van der Waals surface area contributed by atoms with E-state index < -0.39 is 377 Å². The quantitative estimate of drug-likeness (QED) is 0.0199. The molecule has 5 amide bonds. The van der Waals surface area contributed by atoms with E-state index in [4.69, 9.17) is 85.3 Å². The molecule has 9 aliphatic heterocycles. The number of unbranched alkanes of at least 4 members (excludes halogenated alkanes) is 25. The number of nitrogens with one attached hydrogen (secondary N) is 5. The van der Waals surface area contributed by atoms with Gasteiger partial charge in [0.2, 0.25) is 29.5 Å². The fourth-order valence-electron chi connectivity index (χ4n) is 20.2. The summed E-state index contributed by atoms with van der Waals surface area (Å²) in [5.74, 6) is -4.18. The van der Waals surface area contributed by atoms with E-state index in [2.05, 4.69) is 40.4 Å². The Hall–Kier alpha value is -4.59. The SMILES string of the molecule is CCCCCCCCCCCCC/C=C/[C@@H](O)[C@H](CO[C@@H]1OC(CO)[C@@H](O[C@@H]2OC(CO)[C@H](O)[C@H](O[C@@H]3OC(CO)[C@@H](O)[C@H](O[C@@H]4OC(CO[C@@H]5OC(CO)[C@@H](O)[C@H](O)C5NC(C)=O)[C@H](O)[C@H](O[C@@H]5OC(CO)[C@@H](O)[C@H](O[C@@H]6OC(CO)[C@H](O)[C@H](O[C@H]7OC(CO)[C@H](O)[C@H](O)C7NC(C)=O)C6O[C@H]6OC(C)[C@@H](O)C(O)[C@@H]6O)C5NC(C)=O)C4O)C3NC(C)=O)C2O)[C@H](O)C1O)NC(=O)CCCCCCCCCCCCCCCCC. The van der Waals surface area contributed by atoms with Crippen molar-refractivity contribution in [3.05, 3.63) is 12.2 Å². The van der Waals surface area contributed by atoms with Crippen molar-refractivity contribution in [3.63, 3.8) is 0 Å². The molecule has 0 saturated carbocycles. The molecule has 0 aromatic heterocycles. The molecule has 9 rings (SSSR count). The third kappa shape index (κ3) is 36.2. The van der Waals surface area contributed by atoms with Crippen molar-refractivity contribution in [1.82, 2.24) is 26.6 Å². The lowest BCUT2D eigenvalue weighted by molar-refractivity contribution is -0.401. The van der Waals surface area contributed by atoms with E-state index in [-0.39, 0.29) is 6.42 Å². The summed E-state index contributed by atoms with van der Waals surface area (Å²) in [4.78, 5) is 66.6. The second kappa shape index (κ2) is 65.2. The zero-order chi connectivity index (χ0) is 110. The topological polar surface area (TPSA) is 797 Å². The van der Waals surface area contributed by atoms with Crippen molar-refractivity contribution in [2.24, 2.45) is 0 Å². The molecular formula is C98H173N5O47. The molecule has 0 radical (unpaired) electrons. The molecule has 150 heavy (non-hydrogen) atoms. The van der Waals surface area contributed by atoms with E-state index in [1.54, 1.807) is 6.08 Å². The number of allylic oxidation sites excluding steroid dienone is 1. The first-order chi connectivity index (χ1) is 71.7. The molecule has 9 aliphatic rings. The number of amides is 5. The molecule has 0 aliphatic carbocycles. The molecular weight excluding hydrogens is 2000 g/mol.